The minimum atomic E-state index is 0.130. The summed E-state index contributed by atoms with van der Waals surface area (Å²) in [6, 6.07) is 2.25. The SMILES string of the molecule is CCCNC(Cc1cc(C)nn1C)c1ncc(C)cn1. The first-order chi connectivity index (χ1) is 9.60. The van der Waals surface area contributed by atoms with Crippen LogP contribution in [0.4, 0.5) is 0 Å². The van der Waals surface area contributed by atoms with Gasteiger partial charge >= 0.3 is 0 Å². The van der Waals surface area contributed by atoms with Crippen molar-refractivity contribution in [1.29, 1.82) is 0 Å². The Morgan fingerprint density at radius 3 is 2.50 bits per heavy atom. The summed E-state index contributed by atoms with van der Waals surface area (Å²) < 4.78 is 1.93. The van der Waals surface area contributed by atoms with Crippen LogP contribution in [0.25, 0.3) is 0 Å². The minimum absolute atomic E-state index is 0.130. The van der Waals surface area contributed by atoms with Gasteiger partial charge in [-0.2, -0.15) is 5.10 Å². The Bertz CT molecular complexity index is 544. The number of aryl methyl sites for hydroxylation is 3. The zero-order chi connectivity index (χ0) is 14.5. The van der Waals surface area contributed by atoms with Crippen molar-refractivity contribution in [2.24, 2.45) is 7.05 Å². The third kappa shape index (κ3) is 3.63. The van der Waals surface area contributed by atoms with E-state index in [1.807, 2.05) is 38.0 Å². The molecule has 2 rings (SSSR count). The van der Waals surface area contributed by atoms with Gasteiger partial charge in [-0.05, 0) is 38.4 Å². The van der Waals surface area contributed by atoms with E-state index in [4.69, 9.17) is 0 Å². The molecule has 0 amide bonds. The highest BCUT2D eigenvalue weighted by Crippen LogP contribution is 2.15. The van der Waals surface area contributed by atoms with E-state index in [-0.39, 0.29) is 6.04 Å². The molecule has 0 aromatic carbocycles. The van der Waals surface area contributed by atoms with Gasteiger partial charge in [0.1, 0.15) is 5.82 Å². The molecule has 0 spiro atoms. The Kier molecular flexibility index (Phi) is 4.84. The maximum atomic E-state index is 4.46. The Morgan fingerprint density at radius 1 is 1.25 bits per heavy atom. The molecule has 108 valence electrons. The lowest BCUT2D eigenvalue weighted by Gasteiger charge is -2.17. The van der Waals surface area contributed by atoms with Crippen molar-refractivity contribution in [2.75, 3.05) is 6.54 Å². The zero-order valence-corrected chi connectivity index (χ0v) is 12.7. The van der Waals surface area contributed by atoms with Gasteiger partial charge in [0.25, 0.3) is 0 Å². The smallest absolute Gasteiger partial charge is 0.145 e. The van der Waals surface area contributed by atoms with Crippen LogP contribution in [0.3, 0.4) is 0 Å². The summed E-state index contributed by atoms with van der Waals surface area (Å²) in [6.45, 7) is 7.14. The first-order valence-electron chi connectivity index (χ1n) is 7.11. The largest absolute Gasteiger partial charge is 0.307 e. The van der Waals surface area contributed by atoms with Crippen LogP contribution >= 0.6 is 0 Å². The van der Waals surface area contributed by atoms with Gasteiger partial charge in [0, 0.05) is 31.6 Å². The van der Waals surface area contributed by atoms with E-state index in [0.29, 0.717) is 0 Å². The van der Waals surface area contributed by atoms with E-state index in [2.05, 4.69) is 33.4 Å². The molecule has 0 saturated heterocycles. The van der Waals surface area contributed by atoms with Gasteiger partial charge in [0.15, 0.2) is 0 Å². The van der Waals surface area contributed by atoms with Gasteiger partial charge in [-0.3, -0.25) is 4.68 Å². The van der Waals surface area contributed by atoms with Crippen LogP contribution in [0.2, 0.25) is 0 Å². The highest BCUT2D eigenvalue weighted by Gasteiger charge is 2.16. The minimum Gasteiger partial charge on any atom is -0.307 e. The van der Waals surface area contributed by atoms with Crippen LogP contribution in [0, 0.1) is 13.8 Å². The molecule has 0 aliphatic rings. The fraction of sp³-hybridized carbons (Fsp3) is 0.533. The van der Waals surface area contributed by atoms with Gasteiger partial charge in [0.05, 0.1) is 11.7 Å². The normalized spacial score (nSPS) is 12.6. The van der Waals surface area contributed by atoms with Gasteiger partial charge < -0.3 is 5.32 Å². The van der Waals surface area contributed by atoms with Crippen LogP contribution < -0.4 is 5.32 Å². The molecule has 5 nitrogen and oxygen atoms in total. The van der Waals surface area contributed by atoms with Crippen molar-refractivity contribution in [2.45, 2.75) is 39.7 Å². The molecule has 1 unspecified atom stereocenters. The van der Waals surface area contributed by atoms with E-state index in [1.165, 1.54) is 5.69 Å². The molecule has 0 aliphatic heterocycles. The molecule has 2 aromatic rings. The van der Waals surface area contributed by atoms with Crippen molar-refractivity contribution in [3.05, 3.63) is 41.2 Å². The predicted octanol–water partition coefficient (Wildman–Crippen LogP) is 2.11. The number of aromatic nitrogens is 4. The molecule has 0 fully saturated rings. The van der Waals surface area contributed by atoms with Gasteiger partial charge in [-0.15, -0.1) is 0 Å². The average Bonchev–Trinajstić information content (AvgIpc) is 2.74. The second-order valence-electron chi connectivity index (χ2n) is 5.23. The lowest BCUT2D eigenvalue weighted by molar-refractivity contribution is 0.489. The summed E-state index contributed by atoms with van der Waals surface area (Å²) in [4.78, 5) is 8.92. The molecular weight excluding hydrogens is 250 g/mol. The van der Waals surface area contributed by atoms with Crippen molar-refractivity contribution in [1.82, 2.24) is 25.1 Å². The Hall–Kier alpha value is -1.75. The van der Waals surface area contributed by atoms with E-state index in [9.17, 15) is 0 Å². The molecule has 0 aliphatic carbocycles. The summed E-state index contributed by atoms with van der Waals surface area (Å²) in [5.74, 6) is 0.850. The zero-order valence-electron chi connectivity index (χ0n) is 12.7. The molecule has 2 heterocycles. The molecule has 20 heavy (non-hydrogen) atoms. The van der Waals surface area contributed by atoms with Crippen molar-refractivity contribution < 1.29 is 0 Å². The van der Waals surface area contributed by atoms with Crippen molar-refractivity contribution in [3.63, 3.8) is 0 Å². The summed E-state index contributed by atoms with van der Waals surface area (Å²) in [5, 5.41) is 7.92. The Balaban J connectivity index is 2.18. The lowest BCUT2D eigenvalue weighted by atomic mass is 10.1. The van der Waals surface area contributed by atoms with Crippen molar-refractivity contribution in [3.8, 4) is 0 Å². The molecule has 5 heteroatoms. The van der Waals surface area contributed by atoms with Gasteiger partial charge in [0.2, 0.25) is 0 Å². The van der Waals surface area contributed by atoms with E-state index in [0.717, 1.165) is 36.5 Å². The second kappa shape index (κ2) is 6.61. The number of nitrogens with zero attached hydrogens (tertiary/aromatic N) is 4. The van der Waals surface area contributed by atoms with Crippen LogP contribution in [-0.4, -0.2) is 26.3 Å². The lowest BCUT2D eigenvalue weighted by Crippen LogP contribution is -2.26. The van der Waals surface area contributed by atoms with Gasteiger partial charge in [-0.25, -0.2) is 9.97 Å². The number of nitrogens with one attached hydrogen (secondary N) is 1. The van der Waals surface area contributed by atoms with Crippen LogP contribution in [0.5, 0.6) is 0 Å². The molecule has 0 radical (unpaired) electrons. The molecule has 0 bridgehead atoms. The van der Waals surface area contributed by atoms with Crippen LogP contribution in [0.1, 0.15) is 42.2 Å². The first-order valence-corrected chi connectivity index (χ1v) is 7.11. The number of rotatable bonds is 6. The Morgan fingerprint density at radius 2 is 1.95 bits per heavy atom. The molecule has 1 N–H and O–H groups in total. The first kappa shape index (κ1) is 14.7. The number of hydrogen-bond acceptors (Lipinski definition) is 4. The third-order valence-corrected chi connectivity index (χ3v) is 3.27. The van der Waals surface area contributed by atoms with E-state index >= 15 is 0 Å². The maximum absolute atomic E-state index is 4.46. The molecule has 2 aromatic heterocycles. The summed E-state index contributed by atoms with van der Waals surface area (Å²) >= 11 is 0. The van der Waals surface area contributed by atoms with Crippen LogP contribution in [-0.2, 0) is 13.5 Å². The summed E-state index contributed by atoms with van der Waals surface area (Å²) in [7, 11) is 1.98. The standard InChI is InChI=1S/C15H23N5/c1-5-6-16-14(15-17-9-11(2)10-18-15)8-13-7-12(3)19-20(13)4/h7,9-10,14,16H,5-6,8H2,1-4H3. The third-order valence-electron chi connectivity index (χ3n) is 3.27. The quantitative estimate of drug-likeness (QED) is 0.876. The number of hydrogen-bond donors (Lipinski definition) is 1. The maximum Gasteiger partial charge on any atom is 0.145 e. The fourth-order valence-electron chi connectivity index (χ4n) is 2.22. The molecular formula is C15H23N5. The van der Waals surface area contributed by atoms with E-state index in [1.54, 1.807) is 0 Å². The predicted molar refractivity (Wildman–Crippen MR) is 79.5 cm³/mol. The average molecular weight is 273 g/mol. The van der Waals surface area contributed by atoms with Crippen LogP contribution in [0.15, 0.2) is 18.5 Å². The monoisotopic (exact) mass is 273 g/mol. The highest BCUT2D eigenvalue weighted by molar-refractivity contribution is 5.13. The second-order valence-corrected chi connectivity index (χ2v) is 5.23. The highest BCUT2D eigenvalue weighted by atomic mass is 15.3. The Labute approximate surface area is 120 Å². The fourth-order valence-corrected chi connectivity index (χ4v) is 2.22. The summed E-state index contributed by atoms with van der Waals surface area (Å²) in [5.41, 5.74) is 3.32. The summed E-state index contributed by atoms with van der Waals surface area (Å²) in [6.07, 6.45) is 5.68. The van der Waals surface area contributed by atoms with Gasteiger partial charge in [-0.1, -0.05) is 6.92 Å². The van der Waals surface area contributed by atoms with E-state index < -0.39 is 0 Å². The van der Waals surface area contributed by atoms with Crippen molar-refractivity contribution >= 4 is 0 Å². The molecule has 1 atom stereocenters. The topological polar surface area (TPSA) is 55.6 Å². The molecule has 0 saturated carbocycles.